The van der Waals surface area contributed by atoms with Crippen LogP contribution in [0.1, 0.15) is 19.4 Å². The van der Waals surface area contributed by atoms with Gasteiger partial charge in [0.2, 0.25) is 0 Å². The molecule has 0 bridgehead atoms. The van der Waals surface area contributed by atoms with Gasteiger partial charge < -0.3 is 5.73 Å². The summed E-state index contributed by atoms with van der Waals surface area (Å²) in [7, 11) is 0. The maximum atomic E-state index is 5.67. The van der Waals surface area contributed by atoms with Gasteiger partial charge in [-0.15, -0.1) is 0 Å². The van der Waals surface area contributed by atoms with Gasteiger partial charge >= 0.3 is 0 Å². The van der Waals surface area contributed by atoms with Gasteiger partial charge in [0.1, 0.15) is 0 Å². The Bertz CT molecular complexity index is 575. The van der Waals surface area contributed by atoms with E-state index >= 15 is 0 Å². The Kier molecular flexibility index (Phi) is 4.45. The molecular weight excluding hydrogens is 254 g/mol. The number of para-hydroxylation sites is 1. The fourth-order valence-electron chi connectivity index (χ4n) is 2.13. The third-order valence-electron chi connectivity index (χ3n) is 3.20. The molecule has 1 aromatic heterocycles. The van der Waals surface area contributed by atoms with Crippen LogP contribution in [0, 0.1) is 0 Å². The molecule has 2 aromatic rings. The summed E-state index contributed by atoms with van der Waals surface area (Å²) in [5.74, 6) is 0. The molecule has 0 saturated heterocycles. The second kappa shape index (κ2) is 6.08. The van der Waals surface area contributed by atoms with Gasteiger partial charge in [-0.2, -0.15) is 0 Å². The Hall–Kier alpha value is -1.52. The molecule has 0 aliphatic carbocycles. The van der Waals surface area contributed by atoms with Crippen LogP contribution in [0.2, 0.25) is 0 Å². The van der Waals surface area contributed by atoms with Crippen molar-refractivity contribution in [1.29, 1.82) is 0 Å². The summed E-state index contributed by atoms with van der Waals surface area (Å²) in [6, 6.07) is 10.7. The highest BCUT2D eigenvalue weighted by Crippen LogP contribution is 2.18. The van der Waals surface area contributed by atoms with Crippen molar-refractivity contribution in [3.63, 3.8) is 0 Å². The minimum Gasteiger partial charge on any atom is -0.392 e. The van der Waals surface area contributed by atoms with E-state index in [1.807, 2.05) is 24.4 Å². The molecule has 0 saturated carbocycles. The summed E-state index contributed by atoms with van der Waals surface area (Å²) in [5, 5.41) is 1.19. The van der Waals surface area contributed by atoms with Gasteiger partial charge in [0.25, 0.3) is 0 Å². The van der Waals surface area contributed by atoms with Gasteiger partial charge in [0, 0.05) is 30.7 Å². The number of rotatable bonds is 5. The molecule has 0 radical (unpaired) electrons. The first-order valence-corrected chi connectivity index (χ1v) is 6.83. The highest BCUT2D eigenvalue weighted by atomic mass is 32.1. The Morgan fingerprint density at radius 3 is 2.74 bits per heavy atom. The van der Waals surface area contributed by atoms with Crippen LogP contribution in [0.5, 0.6) is 0 Å². The maximum absolute atomic E-state index is 5.67. The van der Waals surface area contributed by atoms with E-state index in [2.05, 4.69) is 35.9 Å². The van der Waals surface area contributed by atoms with Gasteiger partial charge in [0.15, 0.2) is 0 Å². The van der Waals surface area contributed by atoms with Gasteiger partial charge in [-0.05, 0) is 31.5 Å². The minimum atomic E-state index is 0.397. The number of benzene rings is 1. The highest BCUT2D eigenvalue weighted by molar-refractivity contribution is 7.80. The van der Waals surface area contributed by atoms with Gasteiger partial charge in [0.05, 0.1) is 10.5 Å². The Balaban J connectivity index is 2.31. The average molecular weight is 273 g/mol. The summed E-state index contributed by atoms with van der Waals surface area (Å²) in [6.45, 7) is 5.78. The van der Waals surface area contributed by atoms with Gasteiger partial charge in [-0.1, -0.05) is 30.4 Å². The molecule has 19 heavy (non-hydrogen) atoms. The molecule has 0 atom stereocenters. The molecule has 0 aliphatic heterocycles. The molecule has 0 fully saturated rings. The number of thiocarbonyl (C=S) groups is 1. The molecule has 0 spiro atoms. The van der Waals surface area contributed by atoms with E-state index in [-0.39, 0.29) is 0 Å². The van der Waals surface area contributed by atoms with Crippen LogP contribution >= 0.6 is 12.2 Å². The van der Waals surface area contributed by atoms with E-state index < -0.39 is 0 Å². The van der Waals surface area contributed by atoms with Crippen LogP contribution in [-0.2, 0) is 6.54 Å². The summed E-state index contributed by atoms with van der Waals surface area (Å²) in [6.07, 6.45) is 1.86. The molecule has 0 unspecified atom stereocenters. The van der Waals surface area contributed by atoms with Gasteiger partial charge in [-0.3, -0.25) is 9.88 Å². The van der Waals surface area contributed by atoms with Crippen LogP contribution in [0.4, 0.5) is 0 Å². The van der Waals surface area contributed by atoms with Crippen molar-refractivity contribution in [3.05, 3.63) is 42.1 Å². The largest absolute Gasteiger partial charge is 0.392 e. The summed E-state index contributed by atoms with van der Waals surface area (Å²) in [4.78, 5) is 7.19. The fraction of sp³-hybridized carbons (Fsp3) is 0.333. The molecule has 2 rings (SSSR count). The van der Waals surface area contributed by atoms with Crippen molar-refractivity contribution in [2.45, 2.75) is 26.4 Å². The number of hydrogen-bond acceptors (Lipinski definition) is 3. The number of hydrogen-bond donors (Lipinski definition) is 1. The van der Waals surface area contributed by atoms with Crippen LogP contribution in [0.15, 0.2) is 36.5 Å². The fourth-order valence-corrected chi connectivity index (χ4v) is 2.30. The highest BCUT2D eigenvalue weighted by Gasteiger charge is 2.12. The number of fused-ring (bicyclic) bond motifs is 1. The lowest BCUT2D eigenvalue weighted by atomic mass is 10.1. The third kappa shape index (κ3) is 3.49. The van der Waals surface area contributed by atoms with E-state index in [0.29, 0.717) is 17.6 Å². The zero-order chi connectivity index (χ0) is 13.8. The maximum Gasteiger partial charge on any atom is 0.0870 e. The molecule has 0 aliphatic rings. The molecular formula is C15H19N3S. The molecule has 2 N–H and O–H groups in total. The van der Waals surface area contributed by atoms with E-state index in [0.717, 1.165) is 12.1 Å². The normalized spacial score (nSPS) is 11.4. The standard InChI is InChI=1S/C15H19N3S/c1-11(2)18(10-15(16)19)9-12-7-8-17-14-6-4-3-5-13(12)14/h3-8,11H,9-10H2,1-2H3,(H2,16,19). The summed E-state index contributed by atoms with van der Waals surface area (Å²) < 4.78 is 0. The first kappa shape index (κ1) is 13.9. The molecule has 100 valence electrons. The van der Waals surface area contributed by atoms with E-state index in [4.69, 9.17) is 18.0 Å². The van der Waals surface area contributed by atoms with E-state index in [9.17, 15) is 0 Å². The smallest absolute Gasteiger partial charge is 0.0870 e. The molecule has 1 aromatic carbocycles. The average Bonchev–Trinajstić information content (AvgIpc) is 2.37. The third-order valence-corrected chi connectivity index (χ3v) is 3.33. The van der Waals surface area contributed by atoms with E-state index in [1.54, 1.807) is 0 Å². The zero-order valence-electron chi connectivity index (χ0n) is 11.3. The summed E-state index contributed by atoms with van der Waals surface area (Å²) >= 11 is 5.03. The molecule has 0 amide bonds. The van der Waals surface area contributed by atoms with Crippen molar-refractivity contribution in [3.8, 4) is 0 Å². The Morgan fingerprint density at radius 2 is 2.05 bits per heavy atom. The summed E-state index contributed by atoms with van der Waals surface area (Å²) in [5.41, 5.74) is 7.96. The lowest BCUT2D eigenvalue weighted by molar-refractivity contribution is 0.246. The van der Waals surface area contributed by atoms with Gasteiger partial charge in [-0.25, -0.2) is 0 Å². The molecule has 4 heteroatoms. The predicted molar refractivity (Wildman–Crippen MR) is 84.1 cm³/mol. The van der Waals surface area contributed by atoms with Crippen LogP contribution in [-0.4, -0.2) is 27.5 Å². The number of nitrogens with two attached hydrogens (primary N) is 1. The lowest BCUT2D eigenvalue weighted by Crippen LogP contribution is -2.37. The lowest BCUT2D eigenvalue weighted by Gasteiger charge is -2.26. The first-order chi connectivity index (χ1) is 9.08. The molecule has 1 heterocycles. The van der Waals surface area contributed by atoms with Crippen molar-refractivity contribution in [1.82, 2.24) is 9.88 Å². The quantitative estimate of drug-likeness (QED) is 0.851. The Labute approximate surface area is 119 Å². The first-order valence-electron chi connectivity index (χ1n) is 6.43. The monoisotopic (exact) mass is 273 g/mol. The second-order valence-corrected chi connectivity index (χ2v) is 5.48. The topological polar surface area (TPSA) is 42.1 Å². The molecule has 3 nitrogen and oxygen atoms in total. The van der Waals surface area contributed by atoms with Crippen molar-refractivity contribution >= 4 is 28.1 Å². The van der Waals surface area contributed by atoms with Crippen molar-refractivity contribution in [2.75, 3.05) is 6.54 Å². The van der Waals surface area contributed by atoms with Crippen LogP contribution < -0.4 is 5.73 Å². The van der Waals surface area contributed by atoms with E-state index in [1.165, 1.54) is 10.9 Å². The number of nitrogens with zero attached hydrogens (tertiary/aromatic N) is 2. The SMILES string of the molecule is CC(C)N(CC(N)=S)Cc1ccnc2ccccc12. The minimum absolute atomic E-state index is 0.397. The van der Waals surface area contributed by atoms with Crippen LogP contribution in [0.3, 0.4) is 0 Å². The number of pyridine rings is 1. The predicted octanol–water partition coefficient (Wildman–Crippen LogP) is 2.73. The van der Waals surface area contributed by atoms with Crippen molar-refractivity contribution in [2.24, 2.45) is 5.73 Å². The van der Waals surface area contributed by atoms with Crippen LogP contribution in [0.25, 0.3) is 10.9 Å². The van der Waals surface area contributed by atoms with Crippen molar-refractivity contribution < 1.29 is 0 Å². The second-order valence-electron chi connectivity index (χ2n) is 4.95. The Morgan fingerprint density at radius 1 is 1.32 bits per heavy atom. The number of aromatic nitrogens is 1. The zero-order valence-corrected chi connectivity index (χ0v) is 12.2.